The van der Waals surface area contributed by atoms with E-state index < -0.39 is 11.9 Å². The van der Waals surface area contributed by atoms with Gasteiger partial charge in [0, 0.05) is 34.5 Å². The maximum atomic E-state index is 11.1. The summed E-state index contributed by atoms with van der Waals surface area (Å²) in [6.45, 7) is 8.63. The molecule has 5 aromatic rings. The second-order valence-corrected chi connectivity index (χ2v) is 11.7. The Bertz CT molecular complexity index is 1850. The summed E-state index contributed by atoms with van der Waals surface area (Å²) in [5, 5.41) is 18.1. The predicted molar refractivity (Wildman–Crippen MR) is 177 cm³/mol. The maximum Gasteiger partial charge on any atom is 0.328 e. The Hall–Kier alpha value is -5.49. The highest BCUT2D eigenvalue weighted by atomic mass is 16.4. The Morgan fingerprint density at radius 3 is 1.61 bits per heavy atom. The summed E-state index contributed by atoms with van der Waals surface area (Å²) in [5.41, 5.74) is 9.26. The van der Waals surface area contributed by atoms with Gasteiger partial charge in [-0.3, -0.25) is 4.57 Å². The van der Waals surface area contributed by atoms with Gasteiger partial charge in [-0.1, -0.05) is 111 Å². The summed E-state index contributed by atoms with van der Waals surface area (Å²) in [5.74, 6) is -1.22. The van der Waals surface area contributed by atoms with E-state index in [1.165, 1.54) is 5.56 Å². The van der Waals surface area contributed by atoms with Crippen LogP contribution in [0.5, 0.6) is 0 Å². The maximum absolute atomic E-state index is 11.1. The minimum Gasteiger partial charge on any atom is -0.478 e. The Morgan fingerprint density at radius 1 is 0.659 bits per heavy atom. The SMILES string of the molecule is Cc1ccc(-c2nc(-c3ccc(C=CC(=O)O)cc3)c(-c3ccc(C=CC(=O)O)cc3)n2-c2ccc(C(C)(C)C)cc2)cc1. The van der Waals surface area contributed by atoms with Gasteiger partial charge < -0.3 is 10.2 Å². The molecule has 0 saturated heterocycles. The van der Waals surface area contributed by atoms with Gasteiger partial charge in [0.2, 0.25) is 0 Å². The van der Waals surface area contributed by atoms with E-state index in [0.29, 0.717) is 0 Å². The first-order valence-corrected chi connectivity index (χ1v) is 14.3. The quantitative estimate of drug-likeness (QED) is 0.179. The third kappa shape index (κ3) is 6.76. The smallest absolute Gasteiger partial charge is 0.328 e. The van der Waals surface area contributed by atoms with Gasteiger partial charge >= 0.3 is 11.9 Å². The van der Waals surface area contributed by atoms with Crippen LogP contribution < -0.4 is 0 Å². The van der Waals surface area contributed by atoms with Gasteiger partial charge in [0.05, 0.1) is 11.4 Å². The van der Waals surface area contributed by atoms with Crippen molar-refractivity contribution in [1.82, 2.24) is 9.55 Å². The van der Waals surface area contributed by atoms with Crippen molar-refractivity contribution < 1.29 is 19.8 Å². The fourth-order valence-corrected chi connectivity index (χ4v) is 4.99. The van der Waals surface area contributed by atoms with Crippen LogP contribution in [0.15, 0.2) is 109 Å². The number of benzene rings is 4. The molecule has 0 bridgehead atoms. The second-order valence-electron chi connectivity index (χ2n) is 11.7. The molecule has 0 amide bonds. The van der Waals surface area contributed by atoms with Crippen LogP contribution in [0.2, 0.25) is 0 Å². The highest BCUT2D eigenvalue weighted by Crippen LogP contribution is 2.39. The second kappa shape index (κ2) is 12.4. The zero-order valence-electron chi connectivity index (χ0n) is 25.2. The average Bonchev–Trinajstić information content (AvgIpc) is 3.40. The fourth-order valence-electron chi connectivity index (χ4n) is 4.99. The number of nitrogens with zero attached hydrogens (tertiary/aromatic N) is 2. The molecule has 1 aromatic heterocycles. The number of carbonyl (C=O) groups is 2. The normalized spacial score (nSPS) is 11.8. The van der Waals surface area contributed by atoms with E-state index in [-0.39, 0.29) is 5.41 Å². The molecule has 0 fully saturated rings. The highest BCUT2D eigenvalue weighted by Gasteiger charge is 2.23. The fraction of sp³-hybridized carbons (Fsp3) is 0.132. The number of carboxylic acid groups (broad SMARTS) is 2. The summed E-state index contributed by atoms with van der Waals surface area (Å²) < 4.78 is 2.17. The molecule has 0 radical (unpaired) electrons. The van der Waals surface area contributed by atoms with Crippen molar-refractivity contribution in [3.8, 4) is 39.6 Å². The molecule has 0 saturated carbocycles. The molecule has 0 aliphatic heterocycles. The summed E-state index contributed by atoms with van der Waals surface area (Å²) in [4.78, 5) is 27.4. The standard InChI is InChI=1S/C38H34N2O4/c1-25-5-13-30(14-6-25)37-39-35(28-15-7-26(8-16-28)11-23-33(41)42)36(29-17-9-27(10-18-29)12-24-34(43)44)40(37)32-21-19-31(20-22-32)38(2,3)4/h5-24H,1-4H3,(H,41,42)(H,43,44). The van der Waals surface area contributed by atoms with E-state index in [0.717, 1.165) is 68.4 Å². The molecule has 6 nitrogen and oxygen atoms in total. The van der Waals surface area contributed by atoms with Gasteiger partial charge in [0.15, 0.2) is 0 Å². The number of hydrogen-bond donors (Lipinski definition) is 2. The molecule has 0 unspecified atom stereocenters. The third-order valence-corrected chi connectivity index (χ3v) is 7.38. The first-order chi connectivity index (χ1) is 21.0. The van der Waals surface area contributed by atoms with Crippen molar-refractivity contribution in [2.45, 2.75) is 33.1 Å². The van der Waals surface area contributed by atoms with E-state index in [1.807, 2.05) is 48.5 Å². The van der Waals surface area contributed by atoms with Crippen molar-refractivity contribution in [3.63, 3.8) is 0 Å². The van der Waals surface area contributed by atoms with Crippen LogP contribution in [-0.2, 0) is 15.0 Å². The van der Waals surface area contributed by atoms with Gasteiger partial charge in [0.1, 0.15) is 5.82 Å². The van der Waals surface area contributed by atoms with Crippen LogP contribution in [0.4, 0.5) is 0 Å². The van der Waals surface area contributed by atoms with Gasteiger partial charge in [-0.15, -0.1) is 0 Å². The first-order valence-electron chi connectivity index (χ1n) is 14.3. The van der Waals surface area contributed by atoms with Gasteiger partial charge in [-0.05, 0) is 53.3 Å². The molecular formula is C38H34N2O4. The molecular weight excluding hydrogens is 548 g/mol. The molecule has 1 heterocycles. The zero-order valence-corrected chi connectivity index (χ0v) is 25.2. The van der Waals surface area contributed by atoms with Crippen LogP contribution in [0, 0.1) is 6.92 Å². The lowest BCUT2D eigenvalue weighted by Crippen LogP contribution is -2.11. The Morgan fingerprint density at radius 2 is 1.14 bits per heavy atom. The summed E-state index contributed by atoms with van der Waals surface area (Å²) in [6, 6.07) is 32.2. The van der Waals surface area contributed by atoms with E-state index in [2.05, 4.69) is 80.8 Å². The first kappa shape index (κ1) is 30.0. The number of aliphatic carboxylic acids is 2. The molecule has 6 heteroatoms. The summed E-state index contributed by atoms with van der Waals surface area (Å²) in [6.07, 6.45) is 5.36. The predicted octanol–water partition coefficient (Wildman–Crippen LogP) is 8.67. The zero-order chi connectivity index (χ0) is 31.4. The largest absolute Gasteiger partial charge is 0.478 e. The molecule has 0 aliphatic carbocycles. The Balaban J connectivity index is 1.77. The van der Waals surface area contributed by atoms with E-state index in [4.69, 9.17) is 15.2 Å². The molecule has 5 rings (SSSR count). The van der Waals surface area contributed by atoms with Crippen molar-refractivity contribution in [1.29, 1.82) is 0 Å². The van der Waals surface area contributed by atoms with Crippen molar-refractivity contribution >= 4 is 24.1 Å². The van der Waals surface area contributed by atoms with E-state index in [1.54, 1.807) is 12.2 Å². The monoisotopic (exact) mass is 582 g/mol. The lowest BCUT2D eigenvalue weighted by Gasteiger charge is -2.20. The molecule has 220 valence electrons. The molecule has 0 spiro atoms. The number of aryl methyl sites for hydroxylation is 1. The average molecular weight is 583 g/mol. The van der Waals surface area contributed by atoms with Gasteiger partial charge in [-0.2, -0.15) is 0 Å². The van der Waals surface area contributed by atoms with Crippen LogP contribution in [0.3, 0.4) is 0 Å². The Kier molecular flexibility index (Phi) is 8.45. The third-order valence-electron chi connectivity index (χ3n) is 7.38. The molecule has 4 aromatic carbocycles. The van der Waals surface area contributed by atoms with Crippen molar-refractivity contribution in [3.05, 3.63) is 131 Å². The number of imidazole rings is 1. The molecule has 0 aliphatic rings. The lowest BCUT2D eigenvalue weighted by atomic mass is 9.87. The summed E-state index contributed by atoms with van der Waals surface area (Å²) in [7, 11) is 0. The minimum atomic E-state index is -1.00. The highest BCUT2D eigenvalue weighted by molar-refractivity contribution is 5.88. The molecule has 44 heavy (non-hydrogen) atoms. The van der Waals surface area contributed by atoms with E-state index in [9.17, 15) is 9.59 Å². The van der Waals surface area contributed by atoms with Crippen LogP contribution >= 0.6 is 0 Å². The molecule has 0 atom stereocenters. The van der Waals surface area contributed by atoms with Crippen LogP contribution in [-0.4, -0.2) is 31.7 Å². The van der Waals surface area contributed by atoms with E-state index >= 15 is 0 Å². The summed E-state index contributed by atoms with van der Waals surface area (Å²) >= 11 is 0. The topological polar surface area (TPSA) is 92.4 Å². The van der Waals surface area contributed by atoms with Crippen LogP contribution in [0.25, 0.3) is 51.7 Å². The van der Waals surface area contributed by atoms with Crippen molar-refractivity contribution in [2.75, 3.05) is 0 Å². The van der Waals surface area contributed by atoms with Crippen molar-refractivity contribution in [2.24, 2.45) is 0 Å². The number of rotatable bonds is 8. The minimum absolute atomic E-state index is 0.00260. The molecule has 2 N–H and O–H groups in total. The van der Waals surface area contributed by atoms with Crippen LogP contribution in [0.1, 0.15) is 43.0 Å². The van der Waals surface area contributed by atoms with Gasteiger partial charge in [-0.25, -0.2) is 14.6 Å². The van der Waals surface area contributed by atoms with Gasteiger partial charge in [0.25, 0.3) is 0 Å². The number of hydrogen-bond acceptors (Lipinski definition) is 3. The Labute approximate surface area is 257 Å². The number of carboxylic acids is 2. The number of aromatic nitrogens is 2. The lowest BCUT2D eigenvalue weighted by molar-refractivity contribution is -0.132.